The van der Waals surface area contributed by atoms with Crippen LogP contribution < -0.4 is 5.11 Å². The number of benzene rings is 1. The van der Waals surface area contributed by atoms with E-state index in [9.17, 15) is 14.7 Å². The molecule has 0 spiro atoms. The molecule has 0 amide bonds. The number of carboxylic acids is 1. The van der Waals surface area contributed by atoms with E-state index in [1.165, 1.54) is 10.9 Å². The van der Waals surface area contributed by atoms with Gasteiger partial charge in [-0.3, -0.25) is 9.36 Å². The Hall–Kier alpha value is -2.17. The van der Waals surface area contributed by atoms with Gasteiger partial charge in [-0.1, -0.05) is 12.1 Å². The number of hydrogen-bond acceptors (Lipinski definition) is 4. The third-order valence-electron chi connectivity index (χ3n) is 2.27. The van der Waals surface area contributed by atoms with Gasteiger partial charge in [0.05, 0.1) is 11.0 Å². The average molecular weight is 217 g/mol. The number of fused-ring (bicyclic) bond motifs is 1. The first-order chi connectivity index (χ1) is 7.68. The highest BCUT2D eigenvalue weighted by Gasteiger charge is 2.08. The van der Waals surface area contributed by atoms with Crippen LogP contribution in [0.4, 0.5) is 0 Å². The maximum atomic E-state index is 11.7. The molecule has 0 aliphatic carbocycles. The van der Waals surface area contributed by atoms with Crippen LogP contribution >= 0.6 is 0 Å². The van der Waals surface area contributed by atoms with Crippen molar-refractivity contribution in [3.63, 3.8) is 0 Å². The highest BCUT2D eigenvalue weighted by Crippen LogP contribution is 2.12. The highest BCUT2D eigenvalue weighted by atomic mass is 16.4. The number of hydrogen-bond donors (Lipinski definition) is 0. The van der Waals surface area contributed by atoms with Crippen LogP contribution in [-0.4, -0.2) is 21.4 Å². The van der Waals surface area contributed by atoms with Gasteiger partial charge in [-0.25, -0.2) is 4.98 Å². The van der Waals surface area contributed by atoms with Crippen molar-refractivity contribution in [2.45, 2.75) is 12.8 Å². The number of rotatable bonds is 3. The molecule has 0 N–H and O–H groups in total. The van der Waals surface area contributed by atoms with Crippen LogP contribution in [0.3, 0.4) is 0 Å². The minimum absolute atomic E-state index is 0.0807. The molecule has 0 aliphatic heterocycles. The van der Waals surface area contributed by atoms with E-state index in [-0.39, 0.29) is 18.7 Å². The van der Waals surface area contributed by atoms with Crippen molar-refractivity contribution in [1.29, 1.82) is 0 Å². The second-order valence-corrected chi connectivity index (χ2v) is 3.37. The maximum Gasteiger partial charge on any atom is 0.232 e. The van der Waals surface area contributed by atoms with Gasteiger partial charge >= 0.3 is 0 Å². The Morgan fingerprint density at radius 3 is 2.75 bits per heavy atom. The van der Waals surface area contributed by atoms with E-state index in [2.05, 4.69) is 4.98 Å². The summed E-state index contributed by atoms with van der Waals surface area (Å²) in [5.74, 6) is -1.52. The van der Waals surface area contributed by atoms with Gasteiger partial charge in [-0.2, -0.15) is 0 Å². The van der Waals surface area contributed by atoms with Gasteiger partial charge in [-0.15, -0.1) is 0 Å². The molecule has 5 nitrogen and oxygen atoms in total. The summed E-state index contributed by atoms with van der Waals surface area (Å²) >= 11 is 0. The number of aliphatic carboxylic acids is 1. The predicted octanol–water partition coefficient (Wildman–Crippen LogP) is 0.207. The molecule has 2 rings (SSSR count). The van der Waals surface area contributed by atoms with E-state index in [0.29, 0.717) is 11.0 Å². The first-order valence-electron chi connectivity index (χ1n) is 4.83. The van der Waals surface area contributed by atoms with Crippen LogP contribution in [-0.2, 0) is 4.79 Å². The van der Waals surface area contributed by atoms with Crippen molar-refractivity contribution in [1.82, 2.24) is 9.55 Å². The summed E-state index contributed by atoms with van der Waals surface area (Å²) < 4.78 is 1.36. The van der Waals surface area contributed by atoms with Gasteiger partial charge in [0.2, 0.25) is 5.91 Å². The van der Waals surface area contributed by atoms with Crippen molar-refractivity contribution in [3.05, 3.63) is 30.6 Å². The van der Waals surface area contributed by atoms with Gasteiger partial charge in [-0.05, 0) is 18.6 Å². The van der Waals surface area contributed by atoms with Crippen LogP contribution in [0.5, 0.6) is 0 Å². The van der Waals surface area contributed by atoms with Crippen molar-refractivity contribution < 1.29 is 14.7 Å². The Balaban J connectivity index is 2.26. The largest absolute Gasteiger partial charge is 0.550 e. The molecule has 0 bridgehead atoms. The number of imidazole rings is 1. The molecular weight excluding hydrogens is 208 g/mol. The fourth-order valence-electron chi connectivity index (χ4n) is 1.49. The molecule has 1 aromatic carbocycles. The van der Waals surface area contributed by atoms with Crippen molar-refractivity contribution >= 4 is 22.9 Å². The molecule has 0 atom stereocenters. The summed E-state index contributed by atoms with van der Waals surface area (Å²) in [7, 11) is 0. The van der Waals surface area contributed by atoms with E-state index in [4.69, 9.17) is 0 Å². The summed E-state index contributed by atoms with van der Waals surface area (Å²) in [5, 5.41) is 10.2. The first kappa shape index (κ1) is 10.4. The van der Waals surface area contributed by atoms with E-state index < -0.39 is 5.97 Å². The molecule has 82 valence electrons. The van der Waals surface area contributed by atoms with Crippen molar-refractivity contribution in [3.8, 4) is 0 Å². The summed E-state index contributed by atoms with van der Waals surface area (Å²) in [6, 6.07) is 7.18. The Bertz CT molecular complexity index is 545. The average Bonchev–Trinajstić information content (AvgIpc) is 2.69. The van der Waals surface area contributed by atoms with Gasteiger partial charge in [0, 0.05) is 12.4 Å². The second-order valence-electron chi connectivity index (χ2n) is 3.37. The number of carbonyl (C=O) groups is 2. The lowest BCUT2D eigenvalue weighted by molar-refractivity contribution is -0.305. The maximum absolute atomic E-state index is 11.7. The minimum atomic E-state index is -1.22. The topological polar surface area (TPSA) is 75.0 Å². The standard InChI is InChI=1S/C11H10N2O3/c14-10(5-6-11(15)16)13-7-12-8-3-1-2-4-9(8)13/h1-4,7H,5-6H2,(H,15,16)/p-1. The van der Waals surface area contributed by atoms with E-state index in [1.807, 2.05) is 6.07 Å². The van der Waals surface area contributed by atoms with E-state index in [1.54, 1.807) is 18.2 Å². The quantitative estimate of drug-likeness (QED) is 0.736. The summed E-state index contributed by atoms with van der Waals surface area (Å²) in [5.41, 5.74) is 1.40. The summed E-state index contributed by atoms with van der Waals surface area (Å²) in [6.07, 6.45) is 1.05. The molecule has 0 radical (unpaired) electrons. The monoisotopic (exact) mass is 217 g/mol. The van der Waals surface area contributed by atoms with Gasteiger partial charge in [0.1, 0.15) is 6.33 Å². The van der Waals surface area contributed by atoms with Crippen LogP contribution in [0.2, 0.25) is 0 Å². The second kappa shape index (κ2) is 4.14. The summed E-state index contributed by atoms with van der Waals surface area (Å²) in [6.45, 7) is 0. The number of para-hydroxylation sites is 2. The number of nitrogens with zero attached hydrogens (tertiary/aromatic N) is 2. The third-order valence-corrected chi connectivity index (χ3v) is 2.27. The minimum Gasteiger partial charge on any atom is -0.550 e. The zero-order chi connectivity index (χ0) is 11.5. The number of carboxylic acid groups (broad SMARTS) is 1. The van der Waals surface area contributed by atoms with Crippen molar-refractivity contribution in [2.75, 3.05) is 0 Å². The smallest absolute Gasteiger partial charge is 0.232 e. The Morgan fingerprint density at radius 2 is 2.00 bits per heavy atom. The molecule has 0 saturated heterocycles. The van der Waals surface area contributed by atoms with Gasteiger partial charge < -0.3 is 9.90 Å². The lowest BCUT2D eigenvalue weighted by Crippen LogP contribution is -2.23. The molecule has 2 aromatic rings. The lowest BCUT2D eigenvalue weighted by atomic mass is 10.3. The first-order valence-corrected chi connectivity index (χ1v) is 4.83. The molecule has 1 heterocycles. The molecule has 0 aliphatic rings. The highest BCUT2D eigenvalue weighted by molar-refractivity contribution is 5.91. The van der Waals surface area contributed by atoms with Gasteiger partial charge in [0.25, 0.3) is 0 Å². The van der Waals surface area contributed by atoms with E-state index >= 15 is 0 Å². The van der Waals surface area contributed by atoms with E-state index in [0.717, 1.165) is 0 Å². The Morgan fingerprint density at radius 1 is 1.25 bits per heavy atom. The lowest BCUT2D eigenvalue weighted by Gasteiger charge is -2.03. The van der Waals surface area contributed by atoms with Gasteiger partial charge in [0.15, 0.2) is 0 Å². The number of aromatic nitrogens is 2. The predicted molar refractivity (Wildman–Crippen MR) is 54.6 cm³/mol. The number of carbonyl (C=O) groups excluding carboxylic acids is 2. The Kier molecular flexibility index (Phi) is 2.68. The fraction of sp³-hybridized carbons (Fsp3) is 0.182. The molecule has 16 heavy (non-hydrogen) atoms. The molecule has 0 saturated carbocycles. The third kappa shape index (κ3) is 1.93. The molecule has 0 unspecified atom stereocenters. The molecular formula is C11H9N2O3-. The van der Waals surface area contributed by atoms with Crippen LogP contribution in [0.1, 0.15) is 17.6 Å². The molecule has 1 aromatic heterocycles. The molecule has 0 fully saturated rings. The SMILES string of the molecule is O=C([O-])CCC(=O)n1cnc2ccccc21. The zero-order valence-electron chi connectivity index (χ0n) is 8.42. The fourth-order valence-corrected chi connectivity index (χ4v) is 1.49. The molecule has 5 heteroatoms. The van der Waals surface area contributed by atoms with Crippen LogP contribution in [0.25, 0.3) is 11.0 Å². The summed E-state index contributed by atoms with van der Waals surface area (Å²) in [4.78, 5) is 26.0. The van der Waals surface area contributed by atoms with Crippen molar-refractivity contribution in [2.24, 2.45) is 0 Å². The Labute approximate surface area is 91.3 Å². The van der Waals surface area contributed by atoms with Crippen LogP contribution in [0, 0.1) is 0 Å². The normalized spacial score (nSPS) is 10.5. The van der Waals surface area contributed by atoms with Crippen LogP contribution in [0.15, 0.2) is 30.6 Å². The zero-order valence-corrected chi connectivity index (χ0v) is 8.42.